The molecule has 0 amide bonds. The minimum Gasteiger partial charge on any atom is -0.336 e. The molecule has 1 aromatic carbocycles. The molecule has 1 aromatic heterocycles. The van der Waals surface area contributed by atoms with Crippen molar-refractivity contribution in [2.24, 2.45) is 0 Å². The van der Waals surface area contributed by atoms with Crippen molar-refractivity contribution in [3.63, 3.8) is 0 Å². The largest absolute Gasteiger partial charge is 0.336 e. The lowest BCUT2D eigenvalue weighted by Crippen LogP contribution is -2.29. The summed E-state index contributed by atoms with van der Waals surface area (Å²) in [5, 5.41) is 4.24. The van der Waals surface area contributed by atoms with Crippen LogP contribution in [0.1, 0.15) is 12.5 Å². The third-order valence-corrected chi connectivity index (χ3v) is 3.55. The lowest BCUT2D eigenvalue weighted by atomic mass is 10.2. The zero-order valence-corrected chi connectivity index (χ0v) is 12.4. The summed E-state index contributed by atoms with van der Waals surface area (Å²) in [6, 6.07) is 6.25. The highest BCUT2D eigenvalue weighted by Crippen LogP contribution is 2.20. The summed E-state index contributed by atoms with van der Waals surface area (Å²) in [7, 11) is 0. The van der Waals surface area contributed by atoms with E-state index in [-0.39, 0.29) is 0 Å². The molecule has 0 aliphatic rings. The fraction of sp³-hybridized carbons (Fsp3) is 0.308. The molecule has 18 heavy (non-hydrogen) atoms. The first-order valence-electron chi connectivity index (χ1n) is 5.78. The molecule has 0 saturated carbocycles. The summed E-state index contributed by atoms with van der Waals surface area (Å²) in [5.41, 5.74) is 1.10. The van der Waals surface area contributed by atoms with Gasteiger partial charge in [0, 0.05) is 41.0 Å². The highest BCUT2D eigenvalue weighted by molar-refractivity contribution is 9.10. The average molecular weight is 329 g/mol. The lowest BCUT2D eigenvalue weighted by Gasteiger charge is -2.15. The topological polar surface area (TPSA) is 29.9 Å². The van der Waals surface area contributed by atoms with E-state index in [2.05, 4.69) is 37.7 Å². The molecule has 96 valence electrons. The molecule has 1 unspecified atom stereocenters. The van der Waals surface area contributed by atoms with Crippen LogP contribution in [0.5, 0.6) is 0 Å². The molecule has 2 rings (SSSR count). The minimum absolute atomic E-state index is 0.356. The molecule has 1 atom stereocenters. The number of imidazole rings is 1. The molecule has 0 radical (unpaired) electrons. The molecule has 0 bridgehead atoms. The highest BCUT2D eigenvalue weighted by Gasteiger charge is 2.05. The van der Waals surface area contributed by atoms with Gasteiger partial charge in [-0.15, -0.1) is 0 Å². The molecule has 0 aliphatic carbocycles. The number of hydrogen-bond acceptors (Lipinski definition) is 2. The maximum absolute atomic E-state index is 6.15. The minimum atomic E-state index is 0.356. The van der Waals surface area contributed by atoms with Crippen molar-refractivity contribution in [2.45, 2.75) is 26.1 Å². The third-order valence-electron chi connectivity index (χ3n) is 2.69. The smallest absolute Gasteiger partial charge is 0.0946 e. The van der Waals surface area contributed by atoms with Crippen LogP contribution in [0, 0.1) is 0 Å². The lowest BCUT2D eigenvalue weighted by molar-refractivity contribution is 0.476. The number of halogens is 2. The standard InChI is InChI=1S/C13H15BrClN3/c1-10(8-18-5-4-16-9-18)17-7-11-6-12(14)2-3-13(11)15/h2-6,9-10,17H,7-8H2,1H3. The first-order chi connectivity index (χ1) is 8.65. The second kappa shape index (κ2) is 6.36. The monoisotopic (exact) mass is 327 g/mol. The van der Waals surface area contributed by atoms with Crippen LogP contribution in [-0.4, -0.2) is 15.6 Å². The number of aromatic nitrogens is 2. The Hall–Kier alpha value is -0.840. The van der Waals surface area contributed by atoms with E-state index in [1.807, 2.05) is 30.7 Å². The van der Waals surface area contributed by atoms with Crippen molar-refractivity contribution >= 4 is 27.5 Å². The van der Waals surface area contributed by atoms with Crippen LogP contribution in [0.3, 0.4) is 0 Å². The van der Waals surface area contributed by atoms with Crippen molar-refractivity contribution in [1.82, 2.24) is 14.9 Å². The Morgan fingerprint density at radius 3 is 3.06 bits per heavy atom. The van der Waals surface area contributed by atoms with Crippen LogP contribution in [0.4, 0.5) is 0 Å². The van der Waals surface area contributed by atoms with E-state index in [1.54, 1.807) is 6.20 Å². The Labute approximate surface area is 120 Å². The van der Waals surface area contributed by atoms with Crippen molar-refractivity contribution in [3.8, 4) is 0 Å². The number of nitrogens with zero attached hydrogens (tertiary/aromatic N) is 2. The Kier molecular flexibility index (Phi) is 4.80. The van der Waals surface area contributed by atoms with Gasteiger partial charge in [0.25, 0.3) is 0 Å². The van der Waals surface area contributed by atoms with Gasteiger partial charge in [0.2, 0.25) is 0 Å². The van der Waals surface area contributed by atoms with E-state index < -0.39 is 0 Å². The maximum Gasteiger partial charge on any atom is 0.0946 e. The fourth-order valence-electron chi connectivity index (χ4n) is 1.74. The van der Waals surface area contributed by atoms with E-state index in [9.17, 15) is 0 Å². The van der Waals surface area contributed by atoms with Crippen molar-refractivity contribution in [2.75, 3.05) is 0 Å². The summed E-state index contributed by atoms with van der Waals surface area (Å²) in [6.45, 7) is 3.80. The predicted octanol–water partition coefficient (Wildman–Crippen LogP) is 3.48. The normalized spacial score (nSPS) is 12.6. The molecule has 0 saturated heterocycles. The maximum atomic E-state index is 6.15. The van der Waals surface area contributed by atoms with Crippen molar-refractivity contribution < 1.29 is 0 Å². The number of nitrogens with one attached hydrogen (secondary N) is 1. The van der Waals surface area contributed by atoms with Gasteiger partial charge in [-0.3, -0.25) is 0 Å². The fourth-order valence-corrected chi connectivity index (χ4v) is 2.33. The molecule has 2 aromatic rings. The Bertz CT molecular complexity index is 499. The van der Waals surface area contributed by atoms with Gasteiger partial charge in [0.05, 0.1) is 6.33 Å². The van der Waals surface area contributed by atoms with Crippen LogP contribution in [0.25, 0.3) is 0 Å². The van der Waals surface area contributed by atoms with Crippen LogP contribution in [0.15, 0.2) is 41.4 Å². The number of rotatable bonds is 5. The quantitative estimate of drug-likeness (QED) is 0.910. The van der Waals surface area contributed by atoms with Crippen LogP contribution in [0.2, 0.25) is 5.02 Å². The second-order valence-electron chi connectivity index (χ2n) is 4.28. The molecule has 0 fully saturated rings. The summed E-state index contributed by atoms with van der Waals surface area (Å²) in [4.78, 5) is 4.03. The van der Waals surface area contributed by atoms with E-state index in [0.29, 0.717) is 6.04 Å². The number of hydrogen-bond donors (Lipinski definition) is 1. The van der Waals surface area contributed by atoms with Crippen LogP contribution in [-0.2, 0) is 13.1 Å². The second-order valence-corrected chi connectivity index (χ2v) is 5.60. The summed E-state index contributed by atoms with van der Waals surface area (Å²) in [6.07, 6.45) is 5.58. The van der Waals surface area contributed by atoms with E-state index in [0.717, 1.165) is 28.1 Å². The molecule has 5 heteroatoms. The average Bonchev–Trinajstić information content (AvgIpc) is 2.83. The molecular weight excluding hydrogens is 314 g/mol. The third kappa shape index (κ3) is 3.83. The molecule has 1 heterocycles. The van der Waals surface area contributed by atoms with E-state index in [4.69, 9.17) is 11.6 Å². The van der Waals surface area contributed by atoms with Gasteiger partial charge in [-0.1, -0.05) is 27.5 Å². The van der Waals surface area contributed by atoms with Gasteiger partial charge >= 0.3 is 0 Å². The van der Waals surface area contributed by atoms with Crippen LogP contribution < -0.4 is 5.32 Å². The van der Waals surface area contributed by atoms with Gasteiger partial charge in [0.1, 0.15) is 0 Å². The molecule has 0 spiro atoms. The van der Waals surface area contributed by atoms with Gasteiger partial charge in [0.15, 0.2) is 0 Å². The SMILES string of the molecule is CC(Cn1ccnc1)NCc1cc(Br)ccc1Cl. The molecule has 3 nitrogen and oxygen atoms in total. The van der Waals surface area contributed by atoms with Crippen molar-refractivity contribution in [3.05, 3.63) is 52.0 Å². The zero-order valence-electron chi connectivity index (χ0n) is 10.1. The molecule has 1 N–H and O–H groups in total. The van der Waals surface area contributed by atoms with Gasteiger partial charge < -0.3 is 9.88 Å². The summed E-state index contributed by atoms with van der Waals surface area (Å²) < 4.78 is 3.10. The zero-order chi connectivity index (χ0) is 13.0. The van der Waals surface area contributed by atoms with Crippen LogP contribution >= 0.6 is 27.5 Å². The predicted molar refractivity (Wildman–Crippen MR) is 77.7 cm³/mol. The molecule has 0 aliphatic heterocycles. The summed E-state index contributed by atoms with van der Waals surface area (Å²) in [5.74, 6) is 0. The van der Waals surface area contributed by atoms with Gasteiger partial charge in [-0.05, 0) is 30.7 Å². The first-order valence-corrected chi connectivity index (χ1v) is 6.95. The van der Waals surface area contributed by atoms with Gasteiger partial charge in [-0.2, -0.15) is 0 Å². The van der Waals surface area contributed by atoms with E-state index in [1.165, 1.54) is 0 Å². The van der Waals surface area contributed by atoms with E-state index >= 15 is 0 Å². The van der Waals surface area contributed by atoms with Crippen molar-refractivity contribution in [1.29, 1.82) is 0 Å². The van der Waals surface area contributed by atoms with Gasteiger partial charge in [-0.25, -0.2) is 4.98 Å². The summed E-state index contributed by atoms with van der Waals surface area (Å²) >= 11 is 9.60. The Morgan fingerprint density at radius 1 is 1.50 bits per heavy atom. The Morgan fingerprint density at radius 2 is 2.33 bits per heavy atom. The number of benzene rings is 1. The highest BCUT2D eigenvalue weighted by atomic mass is 79.9. The molecular formula is C13H15BrClN3. The Balaban J connectivity index is 1.89. The first kappa shape index (κ1) is 13.6.